The van der Waals surface area contributed by atoms with Crippen LogP contribution in [-0.2, 0) is 6.18 Å². The van der Waals surface area contributed by atoms with E-state index in [1.165, 1.54) is 18.5 Å². The van der Waals surface area contributed by atoms with Gasteiger partial charge < -0.3 is 14.7 Å². The van der Waals surface area contributed by atoms with Gasteiger partial charge in [-0.15, -0.1) is 0 Å². The fraction of sp³-hybridized carbons (Fsp3) is 0.318. The van der Waals surface area contributed by atoms with Gasteiger partial charge in [0.1, 0.15) is 5.84 Å². The maximum atomic E-state index is 12.7. The lowest BCUT2D eigenvalue weighted by molar-refractivity contribution is -0.159. The van der Waals surface area contributed by atoms with Crippen molar-refractivity contribution in [2.24, 2.45) is 10.9 Å². The van der Waals surface area contributed by atoms with Crippen molar-refractivity contribution in [2.75, 3.05) is 20.1 Å². The minimum absolute atomic E-state index is 0.0894. The van der Waals surface area contributed by atoms with E-state index in [2.05, 4.69) is 34.9 Å². The van der Waals surface area contributed by atoms with Crippen molar-refractivity contribution in [1.29, 1.82) is 0 Å². The van der Waals surface area contributed by atoms with Crippen molar-refractivity contribution in [3.63, 3.8) is 0 Å². The first-order valence-electron chi connectivity index (χ1n) is 10.2. The van der Waals surface area contributed by atoms with Crippen molar-refractivity contribution in [3.8, 4) is 11.4 Å². The summed E-state index contributed by atoms with van der Waals surface area (Å²) >= 11 is 0. The smallest absolute Gasteiger partial charge is 0.354 e. The van der Waals surface area contributed by atoms with Crippen LogP contribution in [-0.4, -0.2) is 57.9 Å². The molecule has 2 atom stereocenters. The standard InChI is InChI=1S/C22H21F3N6O2/c1-13(17-12-27-19(31(17)2)14-6-4-3-5-7-14)9-28-20(32)16-8-15(10-26-11-16)18-29-21(33-30-18)22(23,24)25/h3-8,10-11,13,17H,9,12H2,1-2H3,(H,28,32). The molecule has 2 aromatic heterocycles. The fourth-order valence-corrected chi connectivity index (χ4v) is 3.65. The molecule has 0 radical (unpaired) electrons. The maximum absolute atomic E-state index is 12.7. The lowest BCUT2D eigenvalue weighted by Gasteiger charge is -2.28. The number of pyridine rings is 1. The number of aliphatic imine (C=N–C) groups is 1. The SMILES string of the molecule is CC(CNC(=O)c1cncc(-c2noc(C(F)(F)F)n2)c1)C1CN=C(c2ccccc2)N1C. The molecule has 11 heteroatoms. The number of aromatic nitrogens is 3. The summed E-state index contributed by atoms with van der Waals surface area (Å²) < 4.78 is 42.3. The molecule has 0 saturated carbocycles. The molecule has 1 aliphatic heterocycles. The molecule has 4 rings (SSSR count). The van der Waals surface area contributed by atoms with Gasteiger partial charge in [-0.05, 0) is 12.0 Å². The number of nitrogens with zero attached hydrogens (tertiary/aromatic N) is 5. The van der Waals surface area contributed by atoms with Gasteiger partial charge in [0.05, 0.1) is 18.2 Å². The Kier molecular flexibility index (Phi) is 6.12. The molecule has 8 nitrogen and oxygen atoms in total. The monoisotopic (exact) mass is 458 g/mol. The van der Waals surface area contributed by atoms with Crippen molar-refractivity contribution in [3.05, 3.63) is 65.8 Å². The van der Waals surface area contributed by atoms with Crippen LogP contribution in [0.1, 0.15) is 28.7 Å². The zero-order chi connectivity index (χ0) is 23.6. The molecule has 33 heavy (non-hydrogen) atoms. The van der Waals surface area contributed by atoms with Crippen LogP contribution in [0.15, 0.2) is 58.3 Å². The molecule has 1 aromatic carbocycles. The molecule has 0 bridgehead atoms. The molecule has 0 saturated heterocycles. The molecule has 3 heterocycles. The quantitative estimate of drug-likeness (QED) is 0.609. The number of carbonyl (C=O) groups excluding carboxylic acids is 1. The van der Waals surface area contributed by atoms with Gasteiger partial charge in [-0.3, -0.25) is 14.8 Å². The second-order valence-corrected chi connectivity index (χ2v) is 7.78. The molecule has 1 N–H and O–H groups in total. The van der Waals surface area contributed by atoms with E-state index in [1.807, 2.05) is 44.3 Å². The average molecular weight is 458 g/mol. The summed E-state index contributed by atoms with van der Waals surface area (Å²) in [6.45, 7) is 3.03. The van der Waals surface area contributed by atoms with Crippen LogP contribution in [0, 0.1) is 5.92 Å². The number of amidine groups is 1. The van der Waals surface area contributed by atoms with E-state index >= 15 is 0 Å². The number of hydrogen-bond donors (Lipinski definition) is 1. The molecule has 172 valence electrons. The van der Waals surface area contributed by atoms with E-state index in [0.717, 1.165) is 11.4 Å². The minimum Gasteiger partial charge on any atom is -0.354 e. The molecular weight excluding hydrogens is 437 g/mol. The summed E-state index contributed by atoms with van der Waals surface area (Å²) in [5.41, 5.74) is 1.36. The third kappa shape index (κ3) is 4.86. The van der Waals surface area contributed by atoms with E-state index in [9.17, 15) is 18.0 Å². The number of rotatable bonds is 6. The molecule has 3 aromatic rings. The second kappa shape index (κ2) is 9.00. The molecule has 0 fully saturated rings. The van der Waals surface area contributed by atoms with Gasteiger partial charge in [-0.25, -0.2) is 0 Å². The van der Waals surface area contributed by atoms with Gasteiger partial charge in [-0.2, -0.15) is 18.2 Å². The highest BCUT2D eigenvalue weighted by molar-refractivity contribution is 6.00. The number of benzene rings is 1. The lowest BCUT2D eigenvalue weighted by Crippen LogP contribution is -2.42. The number of carbonyl (C=O) groups is 1. The summed E-state index contributed by atoms with van der Waals surface area (Å²) in [5.74, 6) is -1.16. The maximum Gasteiger partial charge on any atom is 0.471 e. The van der Waals surface area contributed by atoms with E-state index in [4.69, 9.17) is 0 Å². The summed E-state index contributed by atoms with van der Waals surface area (Å²) in [5, 5.41) is 6.18. The highest BCUT2D eigenvalue weighted by Gasteiger charge is 2.38. The van der Waals surface area contributed by atoms with E-state index in [-0.39, 0.29) is 28.9 Å². The Morgan fingerprint density at radius 1 is 1.24 bits per heavy atom. The molecule has 2 unspecified atom stereocenters. The molecular formula is C22H21F3N6O2. The van der Waals surface area contributed by atoms with Crippen LogP contribution < -0.4 is 5.32 Å². The van der Waals surface area contributed by atoms with Gasteiger partial charge in [0.25, 0.3) is 5.91 Å². The van der Waals surface area contributed by atoms with Gasteiger partial charge in [0.15, 0.2) is 0 Å². The van der Waals surface area contributed by atoms with Crippen LogP contribution in [0.4, 0.5) is 13.2 Å². The van der Waals surface area contributed by atoms with E-state index in [1.54, 1.807) is 0 Å². The molecule has 1 aliphatic rings. The van der Waals surface area contributed by atoms with Crippen molar-refractivity contribution in [1.82, 2.24) is 25.3 Å². The summed E-state index contributed by atoms with van der Waals surface area (Å²) in [6, 6.07) is 11.4. The van der Waals surface area contributed by atoms with Crippen molar-refractivity contribution in [2.45, 2.75) is 19.1 Å². The highest BCUT2D eigenvalue weighted by atomic mass is 19.4. The summed E-state index contributed by atoms with van der Waals surface area (Å²) in [4.78, 5) is 26.7. The number of hydrogen-bond acceptors (Lipinski definition) is 7. The van der Waals surface area contributed by atoms with Crippen molar-refractivity contribution >= 4 is 11.7 Å². The molecule has 0 aliphatic carbocycles. The Morgan fingerprint density at radius 3 is 2.70 bits per heavy atom. The molecule has 0 spiro atoms. The van der Waals surface area contributed by atoms with Crippen molar-refractivity contribution < 1.29 is 22.5 Å². The predicted molar refractivity (Wildman–Crippen MR) is 113 cm³/mol. The van der Waals surface area contributed by atoms with Crippen LogP contribution in [0.25, 0.3) is 11.4 Å². The Bertz CT molecular complexity index is 1160. The van der Waals surface area contributed by atoms with Gasteiger partial charge >= 0.3 is 12.1 Å². The average Bonchev–Trinajstić information content (AvgIpc) is 3.45. The van der Waals surface area contributed by atoms with E-state index in [0.29, 0.717) is 13.1 Å². The van der Waals surface area contributed by atoms with Gasteiger partial charge in [0.2, 0.25) is 5.82 Å². The topological polar surface area (TPSA) is 96.5 Å². The Hall–Kier alpha value is -3.76. The third-order valence-electron chi connectivity index (χ3n) is 5.46. The Labute approximate surface area is 187 Å². The molecule has 1 amide bonds. The number of halogens is 3. The predicted octanol–water partition coefficient (Wildman–Crippen LogP) is 3.28. The zero-order valence-corrected chi connectivity index (χ0v) is 17.9. The number of likely N-dealkylation sites (N-methyl/N-ethyl adjacent to an activating group) is 1. The fourth-order valence-electron chi connectivity index (χ4n) is 3.65. The summed E-state index contributed by atoms with van der Waals surface area (Å²) in [7, 11) is 1.98. The first kappa shape index (κ1) is 22.4. The number of alkyl halides is 3. The summed E-state index contributed by atoms with van der Waals surface area (Å²) in [6.07, 6.45) is -2.16. The van der Waals surface area contributed by atoms with Crippen LogP contribution in [0.3, 0.4) is 0 Å². The van der Waals surface area contributed by atoms with Crippen LogP contribution >= 0.6 is 0 Å². The normalized spacial score (nSPS) is 17.1. The first-order valence-corrected chi connectivity index (χ1v) is 10.2. The van der Waals surface area contributed by atoms with Gasteiger partial charge in [0, 0.05) is 37.1 Å². The number of nitrogens with one attached hydrogen (secondary N) is 1. The third-order valence-corrected chi connectivity index (χ3v) is 5.46. The Morgan fingerprint density at radius 2 is 2.00 bits per heavy atom. The first-order chi connectivity index (χ1) is 15.7. The van der Waals surface area contributed by atoms with Gasteiger partial charge in [-0.1, -0.05) is 42.4 Å². The zero-order valence-electron chi connectivity index (χ0n) is 17.9. The highest BCUT2D eigenvalue weighted by Crippen LogP contribution is 2.29. The largest absolute Gasteiger partial charge is 0.471 e. The second-order valence-electron chi connectivity index (χ2n) is 7.78. The van der Waals surface area contributed by atoms with E-state index < -0.39 is 18.0 Å². The Balaban J connectivity index is 1.37. The van der Waals surface area contributed by atoms with Crippen LogP contribution in [0.5, 0.6) is 0 Å². The minimum atomic E-state index is -4.75. The van der Waals surface area contributed by atoms with Crippen LogP contribution in [0.2, 0.25) is 0 Å². The number of amides is 1. The lowest BCUT2D eigenvalue weighted by atomic mass is 10.0.